The summed E-state index contributed by atoms with van der Waals surface area (Å²) in [5, 5.41) is 33.1. The number of aliphatic carboxylic acids is 2. The fourth-order valence-corrected chi connectivity index (χ4v) is 4.17. The third kappa shape index (κ3) is 11.1. The Kier molecular flexibility index (Phi) is 12.1. The van der Waals surface area contributed by atoms with Crippen LogP contribution in [0.2, 0.25) is 0 Å². The summed E-state index contributed by atoms with van der Waals surface area (Å²) in [4.78, 5) is 48.2. The molecule has 0 bridgehead atoms. The van der Waals surface area contributed by atoms with Crippen molar-refractivity contribution in [1.82, 2.24) is 20.4 Å². The molecule has 1 fully saturated rings. The molecule has 4 rings (SSSR count). The maximum absolute atomic E-state index is 12.1. The number of aromatic nitrogens is 2. The number of nitrogens with one attached hydrogen (secondary N) is 1. The number of nitro groups is 1. The van der Waals surface area contributed by atoms with Gasteiger partial charge in [0.05, 0.1) is 4.92 Å². The molecule has 13 heteroatoms. The second kappa shape index (κ2) is 16.2. The van der Waals surface area contributed by atoms with E-state index in [4.69, 9.17) is 14.7 Å². The number of nitrogens with zero attached hydrogens (tertiary/aromatic N) is 4. The van der Waals surface area contributed by atoms with E-state index in [0.29, 0.717) is 30.2 Å². The number of likely N-dealkylation sites (tertiary alicyclic amines) is 1. The number of non-ortho nitro benzene ring substituents is 1. The number of carbonyl (C=O) groups excluding carboxylic acids is 1. The van der Waals surface area contributed by atoms with Crippen LogP contribution in [0.25, 0.3) is 17.5 Å². The first kappa shape index (κ1) is 31.4. The number of carboxylic acids is 2. The quantitative estimate of drug-likeness (QED) is 0.171. The van der Waals surface area contributed by atoms with E-state index in [0.717, 1.165) is 38.9 Å². The molecule has 0 spiro atoms. The van der Waals surface area contributed by atoms with Crippen molar-refractivity contribution in [2.24, 2.45) is 5.92 Å². The van der Waals surface area contributed by atoms with Crippen LogP contribution >= 0.6 is 0 Å². The van der Waals surface area contributed by atoms with Gasteiger partial charge < -0.3 is 20.1 Å². The molecular formula is C29H31N5O8. The molecule has 1 aliphatic rings. The summed E-state index contributed by atoms with van der Waals surface area (Å²) in [5.74, 6) is -1.61. The minimum absolute atomic E-state index is 0.0159. The van der Waals surface area contributed by atoms with Crippen LogP contribution < -0.4 is 5.32 Å². The summed E-state index contributed by atoms with van der Waals surface area (Å²) in [7, 11) is 0. The zero-order valence-corrected chi connectivity index (χ0v) is 22.7. The number of carbonyl (C=O) groups is 3. The first-order valence-corrected chi connectivity index (χ1v) is 13.1. The van der Waals surface area contributed by atoms with Gasteiger partial charge in [-0.05, 0) is 62.0 Å². The van der Waals surface area contributed by atoms with E-state index in [1.54, 1.807) is 0 Å². The molecule has 0 aliphatic carbocycles. The van der Waals surface area contributed by atoms with Crippen molar-refractivity contribution >= 4 is 29.6 Å². The molecule has 0 atom stereocenters. The molecule has 3 aromatic rings. The van der Waals surface area contributed by atoms with Crippen molar-refractivity contribution in [3.8, 4) is 11.5 Å². The average molecular weight is 578 g/mol. The molecular weight excluding hydrogens is 546 g/mol. The molecule has 1 aromatic heterocycles. The molecule has 1 saturated heterocycles. The predicted octanol–water partition coefficient (Wildman–Crippen LogP) is 3.79. The van der Waals surface area contributed by atoms with E-state index in [2.05, 4.69) is 44.6 Å². The van der Waals surface area contributed by atoms with Gasteiger partial charge in [0.25, 0.3) is 11.6 Å². The summed E-state index contributed by atoms with van der Waals surface area (Å²) in [5.41, 5.74) is 1.90. The first-order chi connectivity index (χ1) is 20.2. The van der Waals surface area contributed by atoms with E-state index >= 15 is 0 Å². The summed E-state index contributed by atoms with van der Waals surface area (Å²) in [6.45, 7) is 3.80. The second-order valence-electron chi connectivity index (χ2n) is 9.39. The number of nitro benzene ring substituents is 1. The fraction of sp³-hybridized carbons (Fsp3) is 0.276. The number of hydrogen-bond acceptors (Lipinski definition) is 9. The number of carboxylic acid groups (broad SMARTS) is 2. The lowest BCUT2D eigenvalue weighted by Gasteiger charge is -2.32. The molecule has 0 unspecified atom stereocenters. The highest BCUT2D eigenvalue weighted by Crippen LogP contribution is 2.22. The maximum atomic E-state index is 12.1. The number of benzene rings is 2. The smallest absolute Gasteiger partial charge is 0.328 e. The van der Waals surface area contributed by atoms with Crippen molar-refractivity contribution in [1.29, 1.82) is 0 Å². The van der Waals surface area contributed by atoms with Crippen molar-refractivity contribution in [3.63, 3.8) is 0 Å². The van der Waals surface area contributed by atoms with Crippen molar-refractivity contribution in [2.75, 3.05) is 19.6 Å². The van der Waals surface area contributed by atoms with Gasteiger partial charge in [-0.15, -0.1) is 0 Å². The third-order valence-corrected chi connectivity index (χ3v) is 6.33. The van der Waals surface area contributed by atoms with Gasteiger partial charge in [-0.1, -0.05) is 35.5 Å². The monoisotopic (exact) mass is 577 g/mol. The molecule has 1 aliphatic heterocycles. The van der Waals surface area contributed by atoms with E-state index in [1.165, 1.54) is 42.0 Å². The Hall–Kier alpha value is -5.17. The molecule has 0 radical (unpaired) electrons. The maximum Gasteiger partial charge on any atom is 0.328 e. The van der Waals surface area contributed by atoms with Crippen molar-refractivity contribution in [3.05, 3.63) is 94.3 Å². The summed E-state index contributed by atoms with van der Waals surface area (Å²) >= 11 is 0. The zero-order valence-electron chi connectivity index (χ0n) is 22.7. The Bertz CT molecular complexity index is 1380. The number of hydrogen-bond donors (Lipinski definition) is 3. The highest BCUT2D eigenvalue weighted by atomic mass is 16.6. The van der Waals surface area contributed by atoms with E-state index in [1.807, 2.05) is 6.07 Å². The van der Waals surface area contributed by atoms with Gasteiger partial charge in [-0.25, -0.2) is 9.59 Å². The van der Waals surface area contributed by atoms with Crippen LogP contribution in [0.4, 0.5) is 5.69 Å². The van der Waals surface area contributed by atoms with Gasteiger partial charge >= 0.3 is 11.9 Å². The molecule has 0 saturated carbocycles. The van der Waals surface area contributed by atoms with Crippen LogP contribution in [-0.2, 0) is 20.9 Å². The Morgan fingerprint density at radius 1 is 1.00 bits per heavy atom. The zero-order chi connectivity index (χ0) is 30.3. The predicted molar refractivity (Wildman–Crippen MR) is 152 cm³/mol. The SMILES string of the molecule is O=C(C=Cc1noc(-c2ccc([N+](=O)[O-])cc2)n1)NCCC1CCN(Cc2ccccc2)CC1.O=C(O)C=CC(=O)O. The Morgan fingerprint density at radius 2 is 1.64 bits per heavy atom. The fourth-order valence-electron chi connectivity index (χ4n) is 4.17. The second-order valence-corrected chi connectivity index (χ2v) is 9.39. The lowest BCUT2D eigenvalue weighted by atomic mass is 9.93. The van der Waals surface area contributed by atoms with Gasteiger partial charge in [0.1, 0.15) is 0 Å². The van der Waals surface area contributed by atoms with Gasteiger partial charge in [0.15, 0.2) is 5.82 Å². The van der Waals surface area contributed by atoms with Gasteiger partial charge in [-0.3, -0.25) is 19.8 Å². The molecule has 3 N–H and O–H groups in total. The minimum atomic E-state index is -1.26. The summed E-state index contributed by atoms with van der Waals surface area (Å²) in [6, 6.07) is 16.4. The van der Waals surface area contributed by atoms with Crippen LogP contribution in [0.5, 0.6) is 0 Å². The molecule has 1 amide bonds. The molecule has 2 aromatic carbocycles. The van der Waals surface area contributed by atoms with E-state index in [-0.39, 0.29) is 23.3 Å². The highest BCUT2D eigenvalue weighted by Gasteiger charge is 2.19. The first-order valence-electron chi connectivity index (χ1n) is 13.1. The third-order valence-electron chi connectivity index (χ3n) is 6.33. The molecule has 42 heavy (non-hydrogen) atoms. The van der Waals surface area contributed by atoms with Crippen molar-refractivity contribution in [2.45, 2.75) is 25.8 Å². The van der Waals surface area contributed by atoms with Crippen LogP contribution in [0.15, 0.2) is 77.3 Å². The van der Waals surface area contributed by atoms with Crippen LogP contribution in [-0.4, -0.2) is 67.7 Å². The largest absolute Gasteiger partial charge is 0.478 e. The minimum Gasteiger partial charge on any atom is -0.478 e. The normalized spacial score (nSPS) is 13.9. The van der Waals surface area contributed by atoms with Gasteiger partial charge in [0.2, 0.25) is 5.91 Å². The Balaban J connectivity index is 0.000000531. The van der Waals surface area contributed by atoms with Gasteiger partial charge in [0, 0.05) is 49.0 Å². The van der Waals surface area contributed by atoms with Crippen LogP contribution in [0.3, 0.4) is 0 Å². The van der Waals surface area contributed by atoms with Crippen molar-refractivity contribution < 1.29 is 34.0 Å². The van der Waals surface area contributed by atoms with Gasteiger partial charge in [-0.2, -0.15) is 4.98 Å². The number of amides is 1. The Labute approximate surface area is 241 Å². The van der Waals surface area contributed by atoms with Crippen LogP contribution in [0.1, 0.15) is 30.7 Å². The number of rotatable bonds is 11. The molecule has 220 valence electrons. The average Bonchev–Trinajstić information content (AvgIpc) is 3.46. The van der Waals surface area contributed by atoms with E-state index < -0.39 is 16.9 Å². The Morgan fingerprint density at radius 3 is 2.24 bits per heavy atom. The standard InChI is InChI=1S/C25H27N5O4.C4H4O4/c31-24(11-10-23-27-25(34-28-23)21-6-8-22(9-7-21)30(32)33)26-15-12-19-13-16-29(17-14-19)18-20-4-2-1-3-5-20;5-3(6)1-2-4(7)8/h1-11,19H,12-18H2,(H,26,31);1-2H,(H,5,6)(H,7,8). The highest BCUT2D eigenvalue weighted by molar-refractivity contribution is 5.91. The van der Waals surface area contributed by atoms with E-state index in [9.17, 15) is 24.5 Å². The number of piperidine rings is 1. The van der Waals surface area contributed by atoms with Crippen LogP contribution in [0, 0.1) is 16.0 Å². The lowest BCUT2D eigenvalue weighted by Crippen LogP contribution is -2.34. The molecule has 2 heterocycles. The summed E-state index contributed by atoms with van der Waals surface area (Å²) in [6.07, 6.45) is 7.23. The molecule has 13 nitrogen and oxygen atoms in total. The topological polar surface area (TPSA) is 189 Å². The summed E-state index contributed by atoms with van der Waals surface area (Å²) < 4.78 is 5.17. The lowest BCUT2D eigenvalue weighted by molar-refractivity contribution is -0.384.